The van der Waals surface area contributed by atoms with Gasteiger partial charge in [0.05, 0.1) is 26.1 Å². The Morgan fingerprint density at radius 2 is 2.06 bits per heavy atom. The first kappa shape index (κ1) is 11.3. The van der Waals surface area contributed by atoms with Crippen molar-refractivity contribution in [2.75, 3.05) is 26.6 Å². The summed E-state index contributed by atoms with van der Waals surface area (Å²) in [6.45, 7) is 0. The SMILES string of the molecule is CNc1ncc(-c2cc(OC)ccc2OC)[nH]1. The number of benzene rings is 1. The molecule has 0 saturated carbocycles. The number of methoxy groups -OCH3 is 2. The van der Waals surface area contributed by atoms with Crippen LogP contribution in [0.1, 0.15) is 0 Å². The Morgan fingerprint density at radius 1 is 1.24 bits per heavy atom. The standard InChI is InChI=1S/C12H15N3O2/c1-13-12-14-7-10(15-12)9-6-8(16-2)4-5-11(9)17-3/h4-7H,1-3H3,(H2,13,14,15). The van der Waals surface area contributed by atoms with E-state index in [1.54, 1.807) is 20.4 Å². The number of hydrogen-bond donors (Lipinski definition) is 2. The topological polar surface area (TPSA) is 59.2 Å². The van der Waals surface area contributed by atoms with Crippen LogP contribution in [0.15, 0.2) is 24.4 Å². The number of nitrogens with zero attached hydrogens (tertiary/aromatic N) is 1. The number of anilines is 1. The molecule has 1 aromatic heterocycles. The van der Waals surface area contributed by atoms with Crippen LogP contribution in [0.25, 0.3) is 11.3 Å². The normalized spacial score (nSPS) is 10.1. The Balaban J connectivity index is 2.47. The van der Waals surface area contributed by atoms with Gasteiger partial charge in [-0.2, -0.15) is 0 Å². The molecule has 0 spiro atoms. The van der Waals surface area contributed by atoms with Gasteiger partial charge in [-0.25, -0.2) is 4.98 Å². The zero-order chi connectivity index (χ0) is 12.3. The summed E-state index contributed by atoms with van der Waals surface area (Å²) in [5.74, 6) is 2.27. The van der Waals surface area contributed by atoms with Crippen LogP contribution in [-0.4, -0.2) is 31.2 Å². The molecule has 0 atom stereocenters. The van der Waals surface area contributed by atoms with E-state index in [-0.39, 0.29) is 0 Å². The summed E-state index contributed by atoms with van der Waals surface area (Å²) in [6, 6.07) is 5.64. The lowest BCUT2D eigenvalue weighted by Gasteiger charge is -2.08. The molecule has 0 aliphatic carbocycles. The quantitative estimate of drug-likeness (QED) is 0.849. The van der Waals surface area contributed by atoms with Gasteiger partial charge in [0.15, 0.2) is 5.95 Å². The molecule has 0 radical (unpaired) electrons. The van der Waals surface area contributed by atoms with Gasteiger partial charge < -0.3 is 19.8 Å². The largest absolute Gasteiger partial charge is 0.497 e. The molecule has 1 heterocycles. The second-order valence-corrected chi connectivity index (χ2v) is 3.46. The van der Waals surface area contributed by atoms with Crippen LogP contribution in [0.3, 0.4) is 0 Å². The molecular weight excluding hydrogens is 218 g/mol. The van der Waals surface area contributed by atoms with Gasteiger partial charge in [0, 0.05) is 12.6 Å². The fraction of sp³-hybridized carbons (Fsp3) is 0.250. The highest BCUT2D eigenvalue weighted by molar-refractivity contribution is 5.69. The van der Waals surface area contributed by atoms with Crippen LogP contribution < -0.4 is 14.8 Å². The Morgan fingerprint density at radius 3 is 2.65 bits per heavy atom. The number of nitrogens with one attached hydrogen (secondary N) is 2. The van der Waals surface area contributed by atoms with E-state index in [4.69, 9.17) is 9.47 Å². The van der Waals surface area contributed by atoms with Gasteiger partial charge in [-0.3, -0.25) is 0 Å². The predicted octanol–water partition coefficient (Wildman–Crippen LogP) is 2.14. The highest BCUT2D eigenvalue weighted by Gasteiger charge is 2.10. The lowest BCUT2D eigenvalue weighted by atomic mass is 10.1. The molecule has 1 aromatic carbocycles. The Kier molecular flexibility index (Phi) is 3.18. The lowest BCUT2D eigenvalue weighted by molar-refractivity contribution is 0.404. The maximum Gasteiger partial charge on any atom is 0.200 e. The molecule has 5 nitrogen and oxygen atoms in total. The lowest BCUT2D eigenvalue weighted by Crippen LogP contribution is -1.91. The zero-order valence-corrected chi connectivity index (χ0v) is 10.1. The van der Waals surface area contributed by atoms with Crippen molar-refractivity contribution in [2.24, 2.45) is 0 Å². The maximum atomic E-state index is 5.32. The predicted molar refractivity (Wildman–Crippen MR) is 66.7 cm³/mol. The number of hydrogen-bond acceptors (Lipinski definition) is 4. The molecule has 17 heavy (non-hydrogen) atoms. The van der Waals surface area contributed by atoms with E-state index >= 15 is 0 Å². The van der Waals surface area contributed by atoms with Gasteiger partial charge in [-0.15, -0.1) is 0 Å². The first-order valence-corrected chi connectivity index (χ1v) is 5.23. The average molecular weight is 233 g/mol. The summed E-state index contributed by atoms with van der Waals surface area (Å²) in [7, 11) is 5.09. The van der Waals surface area contributed by atoms with Crippen molar-refractivity contribution in [3.05, 3.63) is 24.4 Å². The van der Waals surface area contributed by atoms with Crippen molar-refractivity contribution in [2.45, 2.75) is 0 Å². The smallest absolute Gasteiger partial charge is 0.200 e. The van der Waals surface area contributed by atoms with E-state index in [0.29, 0.717) is 5.95 Å². The maximum absolute atomic E-state index is 5.32. The van der Waals surface area contributed by atoms with Crippen molar-refractivity contribution in [3.63, 3.8) is 0 Å². The van der Waals surface area contributed by atoms with E-state index in [1.165, 1.54) is 0 Å². The van der Waals surface area contributed by atoms with E-state index < -0.39 is 0 Å². The molecule has 0 saturated heterocycles. The number of ether oxygens (including phenoxy) is 2. The summed E-state index contributed by atoms with van der Waals surface area (Å²) in [5, 5.41) is 2.94. The fourth-order valence-corrected chi connectivity index (χ4v) is 1.61. The zero-order valence-electron chi connectivity index (χ0n) is 10.1. The molecular formula is C12H15N3O2. The third kappa shape index (κ3) is 2.18. The minimum Gasteiger partial charge on any atom is -0.497 e. The summed E-state index contributed by atoms with van der Waals surface area (Å²) in [5.41, 5.74) is 1.80. The minimum absolute atomic E-state index is 0.713. The van der Waals surface area contributed by atoms with Gasteiger partial charge in [0.2, 0.25) is 0 Å². The van der Waals surface area contributed by atoms with E-state index in [0.717, 1.165) is 22.8 Å². The highest BCUT2D eigenvalue weighted by Crippen LogP contribution is 2.32. The van der Waals surface area contributed by atoms with Gasteiger partial charge in [0.25, 0.3) is 0 Å². The highest BCUT2D eigenvalue weighted by atomic mass is 16.5. The van der Waals surface area contributed by atoms with Gasteiger partial charge >= 0.3 is 0 Å². The van der Waals surface area contributed by atoms with Crippen molar-refractivity contribution < 1.29 is 9.47 Å². The van der Waals surface area contributed by atoms with Crippen LogP contribution in [-0.2, 0) is 0 Å². The molecule has 2 rings (SSSR count). The first-order valence-electron chi connectivity index (χ1n) is 5.23. The second kappa shape index (κ2) is 4.78. The van der Waals surface area contributed by atoms with Crippen LogP contribution in [0.5, 0.6) is 11.5 Å². The number of rotatable bonds is 4. The average Bonchev–Trinajstić information content (AvgIpc) is 2.86. The summed E-state index contributed by atoms with van der Waals surface area (Å²) < 4.78 is 10.5. The minimum atomic E-state index is 0.713. The number of aromatic nitrogens is 2. The Bertz CT molecular complexity index is 508. The van der Waals surface area contributed by atoms with Crippen molar-refractivity contribution in [1.29, 1.82) is 0 Å². The molecule has 0 fully saturated rings. The molecule has 5 heteroatoms. The first-order chi connectivity index (χ1) is 8.28. The van der Waals surface area contributed by atoms with Crippen molar-refractivity contribution >= 4 is 5.95 Å². The molecule has 0 aliphatic rings. The third-order valence-corrected chi connectivity index (χ3v) is 2.51. The van der Waals surface area contributed by atoms with Crippen LogP contribution in [0.4, 0.5) is 5.95 Å². The molecule has 0 unspecified atom stereocenters. The van der Waals surface area contributed by atoms with E-state index in [2.05, 4.69) is 15.3 Å². The summed E-state index contributed by atoms with van der Waals surface area (Å²) >= 11 is 0. The van der Waals surface area contributed by atoms with Gasteiger partial charge in [0.1, 0.15) is 11.5 Å². The second-order valence-electron chi connectivity index (χ2n) is 3.46. The van der Waals surface area contributed by atoms with Crippen LogP contribution >= 0.6 is 0 Å². The van der Waals surface area contributed by atoms with E-state index in [1.807, 2.05) is 25.2 Å². The monoisotopic (exact) mass is 233 g/mol. The fourth-order valence-electron chi connectivity index (χ4n) is 1.61. The molecule has 0 aliphatic heterocycles. The number of H-pyrrole nitrogens is 1. The van der Waals surface area contributed by atoms with Gasteiger partial charge in [-0.05, 0) is 18.2 Å². The molecule has 0 amide bonds. The number of imidazole rings is 1. The van der Waals surface area contributed by atoms with Gasteiger partial charge in [-0.1, -0.05) is 0 Å². The Labute approximate surface area is 99.8 Å². The summed E-state index contributed by atoms with van der Waals surface area (Å²) in [4.78, 5) is 7.33. The molecule has 2 N–H and O–H groups in total. The van der Waals surface area contributed by atoms with Crippen molar-refractivity contribution in [3.8, 4) is 22.8 Å². The molecule has 2 aromatic rings. The molecule has 0 bridgehead atoms. The van der Waals surface area contributed by atoms with Crippen LogP contribution in [0, 0.1) is 0 Å². The summed E-state index contributed by atoms with van der Waals surface area (Å²) in [6.07, 6.45) is 1.75. The molecule has 90 valence electrons. The third-order valence-electron chi connectivity index (χ3n) is 2.51. The van der Waals surface area contributed by atoms with Crippen LogP contribution in [0.2, 0.25) is 0 Å². The number of aromatic amines is 1. The Hall–Kier alpha value is -2.17. The van der Waals surface area contributed by atoms with Crippen molar-refractivity contribution in [1.82, 2.24) is 9.97 Å². The van der Waals surface area contributed by atoms with E-state index in [9.17, 15) is 0 Å².